The van der Waals surface area contributed by atoms with Gasteiger partial charge < -0.3 is 10.4 Å². The van der Waals surface area contributed by atoms with Gasteiger partial charge in [-0.1, -0.05) is 18.2 Å². The molecular weight excluding hydrogens is 206 g/mol. The predicted molar refractivity (Wildman–Crippen MR) is 60.5 cm³/mol. The van der Waals surface area contributed by atoms with Crippen LogP contribution in [0.5, 0.6) is 0 Å². The number of benzene rings is 1. The first-order valence-corrected chi connectivity index (χ1v) is 5.21. The van der Waals surface area contributed by atoms with Crippen molar-refractivity contribution in [2.45, 2.75) is 12.8 Å². The number of Topliss-reactive ketones (excluding diaryl/α,β-unsaturated/α-hetero) is 1. The molecule has 1 fully saturated rings. The molecule has 0 radical (unpaired) electrons. The van der Waals surface area contributed by atoms with Crippen molar-refractivity contribution in [2.24, 2.45) is 0 Å². The molecule has 1 aromatic rings. The molecule has 0 bridgehead atoms. The highest BCUT2D eigenvalue weighted by Crippen LogP contribution is 1.96. The molecule has 4 heteroatoms. The van der Waals surface area contributed by atoms with Gasteiger partial charge in [-0.15, -0.1) is 0 Å². The number of nitrogens with one attached hydrogen (secondary N) is 1. The van der Waals surface area contributed by atoms with Crippen molar-refractivity contribution >= 4 is 11.8 Å². The highest BCUT2D eigenvalue weighted by atomic mass is 16.4. The Balaban J connectivity index is 0.000000165. The number of carboxylic acid groups (broad SMARTS) is 1. The average molecular weight is 221 g/mol. The van der Waals surface area contributed by atoms with Gasteiger partial charge >= 0.3 is 5.97 Å². The van der Waals surface area contributed by atoms with Crippen molar-refractivity contribution in [1.82, 2.24) is 5.32 Å². The number of ketones is 1. The largest absolute Gasteiger partial charge is 0.478 e. The van der Waals surface area contributed by atoms with E-state index in [0.29, 0.717) is 11.3 Å². The van der Waals surface area contributed by atoms with Crippen molar-refractivity contribution in [2.75, 3.05) is 13.1 Å². The summed E-state index contributed by atoms with van der Waals surface area (Å²) >= 11 is 0. The smallest absolute Gasteiger partial charge is 0.335 e. The standard InChI is InChI=1S/C7H6O2.C5H9NO/c8-7(9)6-4-2-1-3-5-6;7-5-1-3-6-4-2-5/h1-5H,(H,8,9);6H,1-4H2. The summed E-state index contributed by atoms with van der Waals surface area (Å²) in [5.74, 6) is -0.477. The Morgan fingerprint density at radius 3 is 2.00 bits per heavy atom. The van der Waals surface area contributed by atoms with Crippen molar-refractivity contribution in [3.8, 4) is 0 Å². The van der Waals surface area contributed by atoms with Crippen molar-refractivity contribution in [3.63, 3.8) is 0 Å². The third-order valence-corrected chi connectivity index (χ3v) is 2.18. The van der Waals surface area contributed by atoms with E-state index in [1.807, 2.05) is 0 Å². The lowest BCUT2D eigenvalue weighted by atomic mass is 10.1. The molecule has 2 rings (SSSR count). The SMILES string of the molecule is O=C(O)c1ccccc1.O=C1CCNCC1. The molecule has 1 aliphatic rings. The summed E-state index contributed by atoms with van der Waals surface area (Å²) in [7, 11) is 0. The van der Waals surface area contributed by atoms with Gasteiger partial charge in [-0.05, 0) is 12.1 Å². The third-order valence-electron chi connectivity index (χ3n) is 2.18. The fraction of sp³-hybridized carbons (Fsp3) is 0.333. The first-order chi connectivity index (χ1) is 7.70. The van der Waals surface area contributed by atoms with Crippen LogP contribution >= 0.6 is 0 Å². The molecule has 0 spiro atoms. The summed E-state index contributed by atoms with van der Waals surface area (Å²) < 4.78 is 0. The molecule has 0 atom stereocenters. The summed E-state index contributed by atoms with van der Waals surface area (Å²) in [6.07, 6.45) is 1.47. The second-order valence-electron chi connectivity index (χ2n) is 3.46. The van der Waals surface area contributed by atoms with Gasteiger partial charge in [0.25, 0.3) is 0 Å². The van der Waals surface area contributed by atoms with E-state index in [9.17, 15) is 9.59 Å². The van der Waals surface area contributed by atoms with Gasteiger partial charge in [-0.2, -0.15) is 0 Å². The number of piperidine rings is 1. The maximum atomic E-state index is 10.4. The number of carboxylic acids is 1. The predicted octanol–water partition coefficient (Wildman–Crippen LogP) is 1.32. The van der Waals surface area contributed by atoms with Crippen LogP contribution in [-0.2, 0) is 4.79 Å². The molecular formula is C12H15NO3. The molecule has 16 heavy (non-hydrogen) atoms. The van der Waals surface area contributed by atoms with E-state index in [-0.39, 0.29) is 0 Å². The topological polar surface area (TPSA) is 66.4 Å². The number of carbonyl (C=O) groups excluding carboxylic acids is 1. The van der Waals surface area contributed by atoms with E-state index in [4.69, 9.17) is 5.11 Å². The molecule has 1 aromatic carbocycles. The van der Waals surface area contributed by atoms with Gasteiger partial charge in [-0.3, -0.25) is 4.79 Å². The van der Waals surface area contributed by atoms with Crippen LogP contribution in [0.1, 0.15) is 23.2 Å². The first-order valence-electron chi connectivity index (χ1n) is 5.21. The molecule has 0 aliphatic carbocycles. The summed E-state index contributed by atoms with van der Waals surface area (Å²) in [4.78, 5) is 20.6. The number of hydrogen-bond acceptors (Lipinski definition) is 3. The van der Waals surface area contributed by atoms with Crippen LogP contribution in [-0.4, -0.2) is 29.9 Å². The van der Waals surface area contributed by atoms with Gasteiger partial charge in [0.05, 0.1) is 5.56 Å². The van der Waals surface area contributed by atoms with Gasteiger partial charge in [-0.25, -0.2) is 4.79 Å². The Hall–Kier alpha value is -1.68. The summed E-state index contributed by atoms with van der Waals surface area (Å²) in [5, 5.41) is 11.5. The normalized spacial score (nSPS) is 14.9. The van der Waals surface area contributed by atoms with Crippen LogP contribution in [0.2, 0.25) is 0 Å². The zero-order valence-corrected chi connectivity index (χ0v) is 8.98. The lowest BCUT2D eigenvalue weighted by Crippen LogP contribution is -2.27. The van der Waals surface area contributed by atoms with Crippen LogP contribution in [0.25, 0.3) is 0 Å². The Labute approximate surface area is 94.3 Å². The molecule has 1 heterocycles. The van der Waals surface area contributed by atoms with E-state index in [1.54, 1.807) is 30.3 Å². The molecule has 1 aliphatic heterocycles. The molecule has 0 aromatic heterocycles. The minimum atomic E-state index is -0.879. The molecule has 2 N–H and O–H groups in total. The molecule has 1 saturated heterocycles. The molecule has 86 valence electrons. The van der Waals surface area contributed by atoms with Gasteiger partial charge in [0.2, 0.25) is 0 Å². The summed E-state index contributed by atoms with van der Waals surface area (Å²) in [5.41, 5.74) is 0.331. The van der Waals surface area contributed by atoms with Crippen molar-refractivity contribution in [1.29, 1.82) is 0 Å². The minimum absolute atomic E-state index is 0.331. The van der Waals surface area contributed by atoms with Crippen molar-refractivity contribution in [3.05, 3.63) is 35.9 Å². The highest BCUT2D eigenvalue weighted by Gasteiger charge is 2.04. The lowest BCUT2D eigenvalue weighted by molar-refractivity contribution is -0.119. The summed E-state index contributed by atoms with van der Waals surface area (Å²) in [6.45, 7) is 1.78. The maximum Gasteiger partial charge on any atom is 0.335 e. The van der Waals surface area contributed by atoms with E-state index in [1.165, 1.54) is 0 Å². The summed E-state index contributed by atoms with van der Waals surface area (Å²) in [6, 6.07) is 8.30. The average Bonchev–Trinajstić information content (AvgIpc) is 2.32. The lowest BCUT2D eigenvalue weighted by Gasteiger charge is -2.08. The second kappa shape index (κ2) is 6.74. The van der Waals surface area contributed by atoms with E-state index < -0.39 is 5.97 Å². The van der Waals surface area contributed by atoms with Crippen LogP contribution in [0.15, 0.2) is 30.3 Å². The molecule has 4 nitrogen and oxygen atoms in total. The molecule has 0 saturated carbocycles. The van der Waals surface area contributed by atoms with Gasteiger partial charge in [0.15, 0.2) is 0 Å². The zero-order valence-electron chi connectivity index (χ0n) is 8.98. The van der Waals surface area contributed by atoms with Crippen LogP contribution < -0.4 is 5.32 Å². The Bertz CT molecular complexity index is 341. The van der Waals surface area contributed by atoms with Crippen molar-refractivity contribution < 1.29 is 14.7 Å². The Morgan fingerprint density at radius 1 is 1.12 bits per heavy atom. The Morgan fingerprint density at radius 2 is 1.69 bits per heavy atom. The maximum absolute atomic E-state index is 10.4. The third kappa shape index (κ3) is 4.70. The van der Waals surface area contributed by atoms with E-state index in [0.717, 1.165) is 25.9 Å². The number of carbonyl (C=O) groups is 2. The molecule has 0 unspecified atom stereocenters. The van der Waals surface area contributed by atoms with Crippen LogP contribution in [0.3, 0.4) is 0 Å². The quantitative estimate of drug-likeness (QED) is 0.750. The number of aromatic carboxylic acids is 1. The van der Waals surface area contributed by atoms with Gasteiger partial charge in [0.1, 0.15) is 5.78 Å². The second-order valence-corrected chi connectivity index (χ2v) is 3.46. The number of rotatable bonds is 1. The van der Waals surface area contributed by atoms with E-state index >= 15 is 0 Å². The van der Waals surface area contributed by atoms with Crippen LogP contribution in [0.4, 0.5) is 0 Å². The highest BCUT2D eigenvalue weighted by molar-refractivity contribution is 5.87. The van der Waals surface area contributed by atoms with E-state index in [2.05, 4.69) is 5.32 Å². The fourth-order valence-electron chi connectivity index (χ4n) is 1.29. The zero-order chi connectivity index (χ0) is 11.8. The first kappa shape index (κ1) is 12.4. The minimum Gasteiger partial charge on any atom is -0.478 e. The fourth-order valence-corrected chi connectivity index (χ4v) is 1.29. The monoisotopic (exact) mass is 221 g/mol. The van der Waals surface area contributed by atoms with Gasteiger partial charge in [0, 0.05) is 25.9 Å². The van der Waals surface area contributed by atoms with Crippen LogP contribution in [0, 0.1) is 0 Å². The Kier molecular flexibility index (Phi) is 5.22. The number of hydrogen-bond donors (Lipinski definition) is 2. The molecule has 0 amide bonds.